The number of rotatable bonds is 0. The number of urea groups is 1. The van der Waals surface area contributed by atoms with Gasteiger partial charge in [0.05, 0.1) is 0 Å². The van der Waals surface area contributed by atoms with E-state index in [1.165, 1.54) is 6.42 Å². The van der Waals surface area contributed by atoms with Crippen LogP contribution >= 0.6 is 0 Å². The first kappa shape index (κ1) is 9.36. The standard InChI is InChI=1S/C9H18N2O/c1-7-5-4-6-8(2)11(7)9(12)10-3/h7-8H,4-6H2,1-3H3,(H,10,12)/t7-,8+. The number of carbonyl (C=O) groups is 1. The summed E-state index contributed by atoms with van der Waals surface area (Å²) < 4.78 is 0. The van der Waals surface area contributed by atoms with Crippen LogP contribution in [0.2, 0.25) is 0 Å². The molecule has 2 atom stereocenters. The van der Waals surface area contributed by atoms with Crippen molar-refractivity contribution in [2.75, 3.05) is 7.05 Å². The van der Waals surface area contributed by atoms with Gasteiger partial charge in [-0.3, -0.25) is 0 Å². The fraction of sp³-hybridized carbons (Fsp3) is 0.889. The van der Waals surface area contributed by atoms with E-state index >= 15 is 0 Å². The van der Waals surface area contributed by atoms with Gasteiger partial charge in [0.25, 0.3) is 0 Å². The molecule has 1 saturated heterocycles. The van der Waals surface area contributed by atoms with Crippen LogP contribution in [-0.4, -0.2) is 30.1 Å². The van der Waals surface area contributed by atoms with Gasteiger partial charge in [0, 0.05) is 19.1 Å². The van der Waals surface area contributed by atoms with Gasteiger partial charge in [-0.2, -0.15) is 0 Å². The smallest absolute Gasteiger partial charge is 0.317 e. The zero-order chi connectivity index (χ0) is 9.14. The van der Waals surface area contributed by atoms with E-state index in [9.17, 15) is 4.79 Å². The highest BCUT2D eigenvalue weighted by Gasteiger charge is 2.27. The van der Waals surface area contributed by atoms with Crippen molar-refractivity contribution in [1.82, 2.24) is 10.2 Å². The van der Waals surface area contributed by atoms with Crippen LogP contribution in [0.25, 0.3) is 0 Å². The first-order valence-corrected chi connectivity index (χ1v) is 4.67. The van der Waals surface area contributed by atoms with Crippen molar-refractivity contribution in [3.63, 3.8) is 0 Å². The van der Waals surface area contributed by atoms with E-state index in [1.807, 2.05) is 4.90 Å². The van der Waals surface area contributed by atoms with E-state index in [1.54, 1.807) is 7.05 Å². The van der Waals surface area contributed by atoms with Gasteiger partial charge < -0.3 is 10.2 Å². The van der Waals surface area contributed by atoms with Gasteiger partial charge in [-0.1, -0.05) is 0 Å². The summed E-state index contributed by atoms with van der Waals surface area (Å²) in [5.74, 6) is 0. The minimum atomic E-state index is 0.0645. The molecular weight excluding hydrogens is 152 g/mol. The van der Waals surface area contributed by atoms with Crippen LogP contribution in [-0.2, 0) is 0 Å². The Kier molecular flexibility index (Phi) is 2.95. The molecule has 1 heterocycles. The second-order valence-corrected chi connectivity index (χ2v) is 3.59. The second-order valence-electron chi connectivity index (χ2n) is 3.59. The molecule has 0 radical (unpaired) electrons. The maximum absolute atomic E-state index is 11.4. The number of nitrogens with one attached hydrogen (secondary N) is 1. The number of amides is 2. The number of nitrogens with zero attached hydrogens (tertiary/aromatic N) is 1. The lowest BCUT2D eigenvalue weighted by Crippen LogP contribution is -2.50. The Morgan fingerprint density at radius 2 is 1.83 bits per heavy atom. The van der Waals surface area contributed by atoms with Crippen molar-refractivity contribution in [3.05, 3.63) is 0 Å². The number of hydrogen-bond donors (Lipinski definition) is 1. The van der Waals surface area contributed by atoms with Gasteiger partial charge in [-0.15, -0.1) is 0 Å². The quantitative estimate of drug-likeness (QED) is 0.588. The van der Waals surface area contributed by atoms with Gasteiger partial charge in [0.15, 0.2) is 0 Å². The molecule has 0 saturated carbocycles. The molecule has 0 aliphatic carbocycles. The Bertz CT molecular complexity index is 160. The molecular formula is C9H18N2O. The minimum Gasteiger partial charge on any atom is -0.341 e. The average molecular weight is 170 g/mol. The van der Waals surface area contributed by atoms with Gasteiger partial charge in [-0.05, 0) is 33.1 Å². The normalized spacial score (nSPS) is 30.1. The highest BCUT2D eigenvalue weighted by molar-refractivity contribution is 5.74. The molecule has 2 amide bonds. The predicted molar refractivity (Wildman–Crippen MR) is 49.1 cm³/mol. The predicted octanol–water partition coefficient (Wildman–Crippen LogP) is 1.59. The highest BCUT2D eigenvalue weighted by Crippen LogP contribution is 2.21. The van der Waals surface area contributed by atoms with Crippen LogP contribution in [0.4, 0.5) is 4.79 Å². The summed E-state index contributed by atoms with van der Waals surface area (Å²) in [6, 6.07) is 0.858. The molecule has 1 rings (SSSR count). The van der Waals surface area contributed by atoms with Crippen molar-refractivity contribution < 1.29 is 4.79 Å². The summed E-state index contributed by atoms with van der Waals surface area (Å²) in [5, 5.41) is 2.68. The van der Waals surface area contributed by atoms with E-state index in [0.29, 0.717) is 12.1 Å². The Balaban J connectivity index is 2.62. The third-order valence-corrected chi connectivity index (χ3v) is 2.64. The zero-order valence-corrected chi connectivity index (χ0v) is 8.13. The van der Waals surface area contributed by atoms with Crippen LogP contribution in [0.1, 0.15) is 33.1 Å². The number of hydrogen-bond acceptors (Lipinski definition) is 1. The number of carbonyl (C=O) groups excluding carboxylic acids is 1. The summed E-state index contributed by atoms with van der Waals surface area (Å²) in [5.41, 5.74) is 0. The van der Waals surface area contributed by atoms with E-state index < -0.39 is 0 Å². The van der Waals surface area contributed by atoms with Gasteiger partial charge in [0.1, 0.15) is 0 Å². The molecule has 0 aromatic carbocycles. The molecule has 1 fully saturated rings. The molecule has 12 heavy (non-hydrogen) atoms. The maximum Gasteiger partial charge on any atom is 0.317 e. The van der Waals surface area contributed by atoms with Crippen LogP contribution in [0.3, 0.4) is 0 Å². The van der Waals surface area contributed by atoms with Crippen LogP contribution in [0.15, 0.2) is 0 Å². The molecule has 3 nitrogen and oxygen atoms in total. The minimum absolute atomic E-state index is 0.0645. The molecule has 0 aromatic rings. The molecule has 1 N–H and O–H groups in total. The molecule has 1 aliphatic heterocycles. The Labute approximate surface area is 74.1 Å². The Morgan fingerprint density at radius 1 is 1.33 bits per heavy atom. The summed E-state index contributed by atoms with van der Waals surface area (Å²) in [4.78, 5) is 13.4. The first-order chi connectivity index (χ1) is 5.66. The first-order valence-electron chi connectivity index (χ1n) is 4.67. The van der Waals surface area contributed by atoms with Crippen molar-refractivity contribution in [1.29, 1.82) is 0 Å². The van der Waals surface area contributed by atoms with Crippen LogP contribution in [0, 0.1) is 0 Å². The second kappa shape index (κ2) is 3.78. The topological polar surface area (TPSA) is 32.3 Å². The van der Waals surface area contributed by atoms with E-state index in [2.05, 4.69) is 19.2 Å². The largest absolute Gasteiger partial charge is 0.341 e. The summed E-state index contributed by atoms with van der Waals surface area (Å²) in [6.45, 7) is 4.23. The van der Waals surface area contributed by atoms with Crippen LogP contribution < -0.4 is 5.32 Å². The van der Waals surface area contributed by atoms with E-state index in [-0.39, 0.29) is 6.03 Å². The molecule has 0 aromatic heterocycles. The van der Waals surface area contributed by atoms with Crippen LogP contribution in [0.5, 0.6) is 0 Å². The SMILES string of the molecule is CNC(=O)N1[C@H](C)CCC[C@@H]1C. The fourth-order valence-electron chi connectivity index (χ4n) is 1.95. The third kappa shape index (κ3) is 1.71. The molecule has 70 valence electrons. The summed E-state index contributed by atoms with van der Waals surface area (Å²) in [6.07, 6.45) is 3.52. The van der Waals surface area contributed by atoms with Crippen molar-refractivity contribution in [3.8, 4) is 0 Å². The zero-order valence-electron chi connectivity index (χ0n) is 8.13. The van der Waals surface area contributed by atoms with Crippen molar-refractivity contribution in [2.24, 2.45) is 0 Å². The van der Waals surface area contributed by atoms with E-state index in [4.69, 9.17) is 0 Å². The lowest BCUT2D eigenvalue weighted by atomic mass is 9.98. The monoisotopic (exact) mass is 170 g/mol. The lowest BCUT2D eigenvalue weighted by molar-refractivity contribution is 0.124. The van der Waals surface area contributed by atoms with Crippen molar-refractivity contribution in [2.45, 2.75) is 45.2 Å². The van der Waals surface area contributed by atoms with E-state index in [0.717, 1.165) is 12.8 Å². The van der Waals surface area contributed by atoms with Gasteiger partial charge >= 0.3 is 6.03 Å². The Morgan fingerprint density at radius 3 is 2.25 bits per heavy atom. The number of piperidine rings is 1. The molecule has 1 aliphatic rings. The third-order valence-electron chi connectivity index (χ3n) is 2.64. The molecule has 0 bridgehead atoms. The lowest BCUT2D eigenvalue weighted by Gasteiger charge is -2.38. The molecule has 3 heteroatoms. The molecule has 0 unspecified atom stereocenters. The fourth-order valence-corrected chi connectivity index (χ4v) is 1.95. The Hall–Kier alpha value is -0.730. The van der Waals surface area contributed by atoms with Crippen molar-refractivity contribution >= 4 is 6.03 Å². The molecule has 0 spiro atoms. The highest BCUT2D eigenvalue weighted by atomic mass is 16.2. The maximum atomic E-state index is 11.4. The number of likely N-dealkylation sites (tertiary alicyclic amines) is 1. The average Bonchev–Trinajstić information content (AvgIpc) is 2.03. The summed E-state index contributed by atoms with van der Waals surface area (Å²) in [7, 11) is 1.69. The summed E-state index contributed by atoms with van der Waals surface area (Å²) >= 11 is 0. The van der Waals surface area contributed by atoms with Gasteiger partial charge in [-0.25, -0.2) is 4.79 Å². The van der Waals surface area contributed by atoms with Gasteiger partial charge in [0.2, 0.25) is 0 Å².